The van der Waals surface area contributed by atoms with E-state index in [2.05, 4.69) is 15.3 Å². The third-order valence-electron chi connectivity index (χ3n) is 3.33. The summed E-state index contributed by atoms with van der Waals surface area (Å²) in [6.07, 6.45) is 1.70. The molecule has 1 saturated heterocycles. The van der Waals surface area contributed by atoms with Crippen LogP contribution in [0.15, 0.2) is 11.6 Å². The molecule has 1 aliphatic heterocycles. The number of carbonyl (C=O) groups excluding carboxylic acids is 1. The van der Waals surface area contributed by atoms with Crippen molar-refractivity contribution in [1.29, 1.82) is 0 Å². The van der Waals surface area contributed by atoms with Gasteiger partial charge in [-0.25, -0.2) is 14.8 Å². The van der Waals surface area contributed by atoms with E-state index >= 15 is 0 Å². The van der Waals surface area contributed by atoms with Gasteiger partial charge in [0.05, 0.1) is 19.7 Å². The standard InChI is InChI=1S/C14H18N4O2S2/c1-9-8-21-13(17-9)11-7-18(3-4-20-11)14(19)16-6-12-15-5-10(2)22-12/h5,8,11H,3-4,6-7H2,1-2H3,(H,16,19)/t11-/m0/s1. The SMILES string of the molecule is Cc1csc([C@@H]2CN(C(=O)NCc3ncc(C)s3)CCO2)n1. The quantitative estimate of drug-likeness (QED) is 0.934. The Hall–Kier alpha value is -1.51. The van der Waals surface area contributed by atoms with Gasteiger partial charge in [-0.2, -0.15) is 0 Å². The van der Waals surface area contributed by atoms with Crippen LogP contribution in [0.3, 0.4) is 0 Å². The van der Waals surface area contributed by atoms with Crippen LogP contribution in [0.5, 0.6) is 0 Å². The summed E-state index contributed by atoms with van der Waals surface area (Å²) in [7, 11) is 0. The number of urea groups is 1. The van der Waals surface area contributed by atoms with Crippen LogP contribution >= 0.6 is 22.7 Å². The number of hydrogen-bond donors (Lipinski definition) is 1. The topological polar surface area (TPSA) is 67.4 Å². The van der Waals surface area contributed by atoms with Crippen molar-refractivity contribution in [3.05, 3.63) is 32.2 Å². The van der Waals surface area contributed by atoms with E-state index in [0.29, 0.717) is 26.2 Å². The number of aromatic nitrogens is 2. The molecule has 118 valence electrons. The number of aryl methyl sites for hydroxylation is 2. The number of thiazole rings is 2. The molecule has 0 aliphatic carbocycles. The highest BCUT2D eigenvalue weighted by Crippen LogP contribution is 2.25. The van der Waals surface area contributed by atoms with Crippen molar-refractivity contribution in [2.75, 3.05) is 19.7 Å². The predicted octanol–water partition coefficient (Wildman–Crippen LogP) is 2.50. The van der Waals surface area contributed by atoms with Crippen LogP contribution in [0.4, 0.5) is 4.79 Å². The summed E-state index contributed by atoms with van der Waals surface area (Å²) < 4.78 is 5.74. The summed E-state index contributed by atoms with van der Waals surface area (Å²) >= 11 is 3.18. The van der Waals surface area contributed by atoms with Crippen LogP contribution in [-0.2, 0) is 11.3 Å². The summed E-state index contributed by atoms with van der Waals surface area (Å²) in [6, 6.07) is -0.0746. The van der Waals surface area contributed by atoms with E-state index in [1.807, 2.05) is 25.4 Å². The van der Waals surface area contributed by atoms with E-state index in [1.54, 1.807) is 27.6 Å². The Bertz CT molecular complexity index is 655. The lowest BCUT2D eigenvalue weighted by Crippen LogP contribution is -2.46. The van der Waals surface area contributed by atoms with Gasteiger partial charge in [-0.05, 0) is 13.8 Å². The molecule has 22 heavy (non-hydrogen) atoms. The molecule has 2 aromatic heterocycles. The number of ether oxygens (including phenoxy) is 1. The zero-order valence-electron chi connectivity index (χ0n) is 12.5. The Morgan fingerprint density at radius 2 is 2.41 bits per heavy atom. The van der Waals surface area contributed by atoms with Gasteiger partial charge in [-0.3, -0.25) is 0 Å². The first-order valence-electron chi connectivity index (χ1n) is 7.09. The van der Waals surface area contributed by atoms with Crippen LogP contribution in [0.25, 0.3) is 0 Å². The molecule has 0 aromatic carbocycles. The van der Waals surface area contributed by atoms with Gasteiger partial charge in [0.2, 0.25) is 0 Å². The highest BCUT2D eigenvalue weighted by molar-refractivity contribution is 7.11. The van der Waals surface area contributed by atoms with E-state index in [1.165, 1.54) is 0 Å². The van der Waals surface area contributed by atoms with Crippen molar-refractivity contribution in [3.63, 3.8) is 0 Å². The maximum Gasteiger partial charge on any atom is 0.317 e. The fraction of sp³-hybridized carbons (Fsp3) is 0.500. The van der Waals surface area contributed by atoms with Gasteiger partial charge in [0, 0.05) is 28.7 Å². The van der Waals surface area contributed by atoms with Crippen LogP contribution in [0.1, 0.15) is 26.7 Å². The molecule has 2 amide bonds. The van der Waals surface area contributed by atoms with Gasteiger partial charge in [0.25, 0.3) is 0 Å². The molecule has 1 atom stereocenters. The van der Waals surface area contributed by atoms with Gasteiger partial charge in [0.15, 0.2) is 0 Å². The number of nitrogens with zero attached hydrogens (tertiary/aromatic N) is 3. The number of carbonyl (C=O) groups is 1. The van der Waals surface area contributed by atoms with Crippen molar-refractivity contribution in [3.8, 4) is 0 Å². The number of morpholine rings is 1. The van der Waals surface area contributed by atoms with E-state index in [9.17, 15) is 4.79 Å². The largest absolute Gasteiger partial charge is 0.367 e. The molecule has 3 rings (SSSR count). The molecule has 6 nitrogen and oxygen atoms in total. The number of hydrogen-bond acceptors (Lipinski definition) is 6. The van der Waals surface area contributed by atoms with Gasteiger partial charge in [0.1, 0.15) is 16.1 Å². The van der Waals surface area contributed by atoms with Crippen LogP contribution in [0, 0.1) is 13.8 Å². The van der Waals surface area contributed by atoms with Crippen molar-refractivity contribution >= 4 is 28.7 Å². The zero-order valence-corrected chi connectivity index (χ0v) is 14.2. The van der Waals surface area contributed by atoms with Crippen molar-refractivity contribution in [2.24, 2.45) is 0 Å². The monoisotopic (exact) mass is 338 g/mol. The predicted molar refractivity (Wildman–Crippen MR) is 86.2 cm³/mol. The summed E-state index contributed by atoms with van der Waals surface area (Å²) in [4.78, 5) is 23.9. The third kappa shape index (κ3) is 3.63. The highest BCUT2D eigenvalue weighted by atomic mass is 32.1. The zero-order chi connectivity index (χ0) is 15.5. The Balaban J connectivity index is 1.55. The van der Waals surface area contributed by atoms with Gasteiger partial charge < -0.3 is 15.0 Å². The van der Waals surface area contributed by atoms with Crippen LogP contribution in [0.2, 0.25) is 0 Å². The summed E-state index contributed by atoms with van der Waals surface area (Å²) in [5.74, 6) is 0. The molecular formula is C14H18N4O2S2. The second-order valence-electron chi connectivity index (χ2n) is 5.16. The highest BCUT2D eigenvalue weighted by Gasteiger charge is 2.27. The van der Waals surface area contributed by atoms with E-state index < -0.39 is 0 Å². The lowest BCUT2D eigenvalue weighted by atomic mass is 10.3. The fourth-order valence-electron chi connectivity index (χ4n) is 2.25. The molecule has 0 bridgehead atoms. The van der Waals surface area contributed by atoms with E-state index in [4.69, 9.17) is 4.74 Å². The second-order valence-corrected chi connectivity index (χ2v) is 7.36. The van der Waals surface area contributed by atoms with Crippen LogP contribution < -0.4 is 5.32 Å². The van der Waals surface area contributed by atoms with Crippen LogP contribution in [-0.4, -0.2) is 40.6 Å². The minimum absolute atomic E-state index is 0.0746. The van der Waals surface area contributed by atoms with Crippen molar-refractivity contribution < 1.29 is 9.53 Å². The summed E-state index contributed by atoms with van der Waals surface area (Å²) in [6.45, 7) is 6.11. The molecule has 1 N–H and O–H groups in total. The molecular weight excluding hydrogens is 320 g/mol. The number of rotatable bonds is 3. The fourth-order valence-corrected chi connectivity index (χ4v) is 3.81. The molecule has 0 spiro atoms. The number of amides is 2. The minimum Gasteiger partial charge on any atom is -0.367 e. The molecule has 0 radical (unpaired) electrons. The lowest BCUT2D eigenvalue weighted by molar-refractivity contribution is -0.0156. The Kier molecular flexibility index (Phi) is 4.70. The van der Waals surface area contributed by atoms with Crippen molar-refractivity contribution in [1.82, 2.24) is 20.2 Å². The van der Waals surface area contributed by atoms with Crippen molar-refractivity contribution in [2.45, 2.75) is 26.5 Å². The molecule has 2 aromatic rings. The Morgan fingerprint density at radius 3 is 3.09 bits per heavy atom. The molecule has 0 saturated carbocycles. The minimum atomic E-state index is -0.125. The molecule has 0 unspecified atom stereocenters. The first-order valence-corrected chi connectivity index (χ1v) is 8.79. The first-order chi connectivity index (χ1) is 10.6. The van der Waals surface area contributed by atoms with Gasteiger partial charge in [-0.1, -0.05) is 0 Å². The molecule has 8 heteroatoms. The first kappa shape index (κ1) is 15.4. The molecule has 1 aliphatic rings. The Labute approximate surface area is 137 Å². The average Bonchev–Trinajstić information content (AvgIpc) is 3.13. The van der Waals surface area contributed by atoms with Gasteiger partial charge >= 0.3 is 6.03 Å². The second kappa shape index (κ2) is 6.72. The maximum absolute atomic E-state index is 12.3. The third-order valence-corrected chi connectivity index (χ3v) is 5.29. The van der Waals surface area contributed by atoms with E-state index in [-0.39, 0.29) is 12.1 Å². The molecule has 1 fully saturated rings. The lowest BCUT2D eigenvalue weighted by Gasteiger charge is -2.31. The normalized spacial score (nSPS) is 18.5. The van der Waals surface area contributed by atoms with Gasteiger partial charge in [-0.15, -0.1) is 22.7 Å². The summed E-state index contributed by atoms with van der Waals surface area (Å²) in [5, 5.41) is 6.78. The smallest absolute Gasteiger partial charge is 0.317 e. The summed E-state index contributed by atoms with van der Waals surface area (Å²) in [5.41, 5.74) is 0.990. The maximum atomic E-state index is 12.3. The number of nitrogens with one attached hydrogen (secondary N) is 1. The average molecular weight is 338 g/mol. The Morgan fingerprint density at radius 1 is 1.55 bits per heavy atom. The van der Waals surface area contributed by atoms with E-state index in [0.717, 1.165) is 20.6 Å². The molecule has 3 heterocycles.